The number of nitrogens with zero attached hydrogens (tertiary/aromatic N) is 1. The van der Waals surface area contributed by atoms with Crippen molar-refractivity contribution < 1.29 is 13.9 Å². The molecule has 160 valence electrons. The largest absolute Gasteiger partial charge is 0.466 e. The number of hydrogen-bond acceptors (Lipinski definition) is 4. The number of alkyl carbamates (subject to hydrolysis) is 1. The molecular weight excluding hydrogens is 471 g/mol. The van der Waals surface area contributed by atoms with Crippen LogP contribution >= 0.6 is 24.0 Å². The zero-order chi connectivity index (χ0) is 20.0. The Morgan fingerprint density at radius 3 is 2.21 bits per heavy atom. The van der Waals surface area contributed by atoms with E-state index in [1.54, 1.807) is 7.05 Å². The number of guanidine groups is 1. The molecule has 0 spiro atoms. The minimum absolute atomic E-state index is 0. The summed E-state index contributed by atoms with van der Waals surface area (Å²) < 4.78 is 10.9. The molecule has 1 aromatic rings. The monoisotopic (exact) mass is 506 g/mol. The van der Waals surface area contributed by atoms with Crippen molar-refractivity contribution in [3.8, 4) is 0 Å². The normalized spacial score (nSPS) is 20.1. The van der Waals surface area contributed by atoms with Crippen LogP contribution in [0.25, 0.3) is 0 Å². The molecule has 28 heavy (non-hydrogen) atoms. The van der Waals surface area contributed by atoms with E-state index in [2.05, 4.69) is 20.9 Å². The van der Waals surface area contributed by atoms with Gasteiger partial charge in [0.25, 0.3) is 0 Å². The summed E-state index contributed by atoms with van der Waals surface area (Å²) in [6.07, 6.45) is 3.47. The Morgan fingerprint density at radius 2 is 1.75 bits per heavy atom. The molecule has 0 atom stereocenters. The van der Waals surface area contributed by atoms with E-state index in [0.29, 0.717) is 12.6 Å². The lowest BCUT2D eigenvalue weighted by Crippen LogP contribution is -2.47. The first kappa shape index (κ1) is 24.6. The van der Waals surface area contributed by atoms with Crippen LogP contribution in [0.3, 0.4) is 0 Å². The molecule has 1 aliphatic carbocycles. The van der Waals surface area contributed by atoms with Crippen LogP contribution in [0.5, 0.6) is 0 Å². The molecule has 0 aliphatic heterocycles. The Bertz CT molecular complexity index is 659. The fourth-order valence-corrected chi connectivity index (χ4v) is 3.28. The van der Waals surface area contributed by atoms with Crippen LogP contribution in [-0.2, 0) is 11.3 Å². The molecule has 0 aromatic carbocycles. The Kier molecular flexibility index (Phi) is 9.59. The zero-order valence-electron chi connectivity index (χ0n) is 17.8. The van der Waals surface area contributed by atoms with E-state index in [4.69, 9.17) is 9.15 Å². The number of aliphatic imine (C=N–C) groups is 1. The number of ether oxygens (including phenoxy) is 1. The molecule has 0 radical (unpaired) electrons. The van der Waals surface area contributed by atoms with Gasteiger partial charge in [0, 0.05) is 31.2 Å². The van der Waals surface area contributed by atoms with Crippen molar-refractivity contribution in [3.05, 3.63) is 23.2 Å². The highest BCUT2D eigenvalue weighted by Gasteiger charge is 2.25. The average Bonchev–Trinajstić information content (AvgIpc) is 2.88. The standard InChI is InChI=1S/C20H34N4O3.HI/c1-13-11-15(14(2)26-13)12-22-18(21-6)23-16-7-9-17(10-8-16)24-19(25)27-20(3,4)5;/h11,16-17H,7-10,12H2,1-6H3,(H,24,25)(H2,21,22,23);1H. The Hall–Kier alpha value is -1.45. The maximum absolute atomic E-state index is 11.9. The molecule has 7 nitrogen and oxygen atoms in total. The lowest BCUT2D eigenvalue weighted by Gasteiger charge is -2.31. The second-order valence-corrected chi connectivity index (χ2v) is 8.20. The molecule has 1 saturated carbocycles. The highest BCUT2D eigenvalue weighted by Crippen LogP contribution is 2.19. The molecule has 3 N–H and O–H groups in total. The van der Waals surface area contributed by atoms with E-state index < -0.39 is 5.60 Å². The van der Waals surface area contributed by atoms with Crippen LogP contribution in [0.15, 0.2) is 15.5 Å². The van der Waals surface area contributed by atoms with Crippen molar-refractivity contribution in [3.63, 3.8) is 0 Å². The van der Waals surface area contributed by atoms with Crippen molar-refractivity contribution in [1.29, 1.82) is 0 Å². The number of nitrogens with one attached hydrogen (secondary N) is 3. The van der Waals surface area contributed by atoms with Gasteiger partial charge < -0.3 is 25.1 Å². The average molecular weight is 506 g/mol. The van der Waals surface area contributed by atoms with Crippen LogP contribution < -0.4 is 16.0 Å². The number of furan rings is 1. The maximum Gasteiger partial charge on any atom is 0.407 e. The van der Waals surface area contributed by atoms with Gasteiger partial charge in [-0.15, -0.1) is 24.0 Å². The molecule has 8 heteroatoms. The van der Waals surface area contributed by atoms with Crippen LogP contribution in [0.4, 0.5) is 4.79 Å². The fourth-order valence-electron chi connectivity index (χ4n) is 3.28. The first-order valence-electron chi connectivity index (χ1n) is 9.69. The number of rotatable bonds is 4. The summed E-state index contributed by atoms with van der Waals surface area (Å²) in [6.45, 7) is 10.2. The first-order valence-corrected chi connectivity index (χ1v) is 9.69. The molecule has 1 heterocycles. The fraction of sp³-hybridized carbons (Fsp3) is 0.700. The van der Waals surface area contributed by atoms with Crippen LogP contribution in [0.2, 0.25) is 0 Å². The van der Waals surface area contributed by atoms with E-state index in [1.165, 1.54) is 0 Å². The van der Waals surface area contributed by atoms with Gasteiger partial charge in [-0.2, -0.15) is 0 Å². The molecule has 0 bridgehead atoms. The van der Waals surface area contributed by atoms with Gasteiger partial charge in [0.15, 0.2) is 5.96 Å². The second kappa shape index (κ2) is 10.9. The number of hydrogen-bond donors (Lipinski definition) is 3. The Morgan fingerprint density at radius 1 is 1.18 bits per heavy atom. The van der Waals surface area contributed by atoms with E-state index in [-0.39, 0.29) is 36.1 Å². The van der Waals surface area contributed by atoms with Crippen LogP contribution in [-0.4, -0.2) is 36.8 Å². The van der Waals surface area contributed by atoms with Gasteiger partial charge in [-0.3, -0.25) is 4.99 Å². The maximum atomic E-state index is 11.9. The lowest BCUT2D eigenvalue weighted by atomic mass is 9.91. The summed E-state index contributed by atoms with van der Waals surface area (Å²) in [6, 6.07) is 2.56. The number of carbonyl (C=O) groups is 1. The lowest BCUT2D eigenvalue weighted by molar-refractivity contribution is 0.0490. The molecule has 0 unspecified atom stereocenters. The zero-order valence-corrected chi connectivity index (χ0v) is 20.2. The van der Waals surface area contributed by atoms with Gasteiger partial charge in [-0.25, -0.2) is 4.79 Å². The van der Waals surface area contributed by atoms with Crippen molar-refractivity contribution in [2.75, 3.05) is 7.05 Å². The minimum Gasteiger partial charge on any atom is -0.466 e. The SMILES string of the molecule is CN=C(NCc1cc(C)oc1C)NC1CCC(NC(=O)OC(C)(C)C)CC1.I. The summed E-state index contributed by atoms with van der Waals surface area (Å²) in [5.74, 6) is 2.64. The molecule has 1 aromatic heterocycles. The van der Waals surface area contributed by atoms with Crippen LogP contribution in [0, 0.1) is 13.8 Å². The van der Waals surface area contributed by atoms with Gasteiger partial charge >= 0.3 is 6.09 Å². The molecule has 0 saturated heterocycles. The third kappa shape index (κ3) is 8.28. The second-order valence-electron chi connectivity index (χ2n) is 8.20. The van der Waals surface area contributed by atoms with Crippen molar-refractivity contribution in [1.82, 2.24) is 16.0 Å². The molecule has 1 aliphatic rings. The molecular formula is C20H35IN4O3. The van der Waals surface area contributed by atoms with Gasteiger partial charge in [-0.1, -0.05) is 0 Å². The number of amides is 1. The van der Waals surface area contributed by atoms with Gasteiger partial charge in [0.2, 0.25) is 0 Å². The number of halogens is 1. The van der Waals surface area contributed by atoms with Gasteiger partial charge in [0.1, 0.15) is 17.1 Å². The summed E-state index contributed by atoms with van der Waals surface area (Å²) in [4.78, 5) is 16.2. The predicted molar refractivity (Wildman–Crippen MR) is 122 cm³/mol. The van der Waals surface area contributed by atoms with E-state index >= 15 is 0 Å². The predicted octanol–water partition coefficient (Wildman–Crippen LogP) is 4.02. The van der Waals surface area contributed by atoms with Gasteiger partial charge in [-0.05, 0) is 66.4 Å². The molecule has 2 rings (SSSR count). The van der Waals surface area contributed by atoms with Crippen LogP contribution in [0.1, 0.15) is 63.5 Å². The molecule has 1 amide bonds. The smallest absolute Gasteiger partial charge is 0.407 e. The summed E-state index contributed by atoms with van der Waals surface area (Å²) >= 11 is 0. The third-order valence-corrected chi connectivity index (χ3v) is 4.60. The Balaban J connectivity index is 0.00000392. The van der Waals surface area contributed by atoms with Crippen molar-refractivity contribution >= 4 is 36.0 Å². The summed E-state index contributed by atoms with van der Waals surface area (Å²) in [7, 11) is 1.78. The van der Waals surface area contributed by atoms with E-state index in [1.807, 2.05) is 40.7 Å². The number of aryl methyl sites for hydroxylation is 2. The summed E-state index contributed by atoms with van der Waals surface area (Å²) in [5, 5.41) is 9.80. The van der Waals surface area contributed by atoms with Gasteiger partial charge in [0.05, 0.1) is 0 Å². The quantitative estimate of drug-likeness (QED) is 0.326. The van der Waals surface area contributed by atoms with Crippen molar-refractivity contribution in [2.45, 2.75) is 84.5 Å². The molecule has 1 fully saturated rings. The topological polar surface area (TPSA) is 87.9 Å². The highest BCUT2D eigenvalue weighted by molar-refractivity contribution is 14.0. The number of carbonyl (C=O) groups excluding carboxylic acids is 1. The first-order chi connectivity index (χ1) is 12.7. The highest BCUT2D eigenvalue weighted by atomic mass is 127. The Labute approximate surface area is 185 Å². The summed E-state index contributed by atoms with van der Waals surface area (Å²) in [5.41, 5.74) is 0.674. The third-order valence-electron chi connectivity index (χ3n) is 4.60. The minimum atomic E-state index is -0.465. The van der Waals surface area contributed by atoms with Crippen molar-refractivity contribution in [2.24, 2.45) is 4.99 Å². The van der Waals surface area contributed by atoms with E-state index in [0.717, 1.165) is 48.7 Å². The van der Waals surface area contributed by atoms with E-state index in [9.17, 15) is 4.79 Å².